The average Bonchev–Trinajstić information content (AvgIpc) is 1.54. The summed E-state index contributed by atoms with van der Waals surface area (Å²) < 4.78 is 121. The Balaban J connectivity index is 1.90. The van der Waals surface area contributed by atoms with E-state index in [4.69, 9.17) is 106 Å². The van der Waals surface area contributed by atoms with Crippen LogP contribution >= 0.6 is 0 Å². The number of aromatic amines is 2. The van der Waals surface area contributed by atoms with E-state index in [0.29, 0.717) is 43.8 Å². The molecule has 0 saturated carbocycles. The maximum absolute atomic E-state index is 7.64. The van der Waals surface area contributed by atoms with Crippen molar-refractivity contribution in [3.05, 3.63) is 0 Å². The molecule has 5 heterocycles. The van der Waals surface area contributed by atoms with E-state index in [1.165, 1.54) is 0 Å². The molecule has 2 aliphatic rings. The largest absolute Gasteiger partial charge is 0.488 e. The summed E-state index contributed by atoms with van der Waals surface area (Å²) in [5, 5.41) is 1.59. The molecule has 24 nitrogen and oxygen atoms in total. The quantitative estimate of drug-likeness (QED) is 0.0397. The molecule has 3 aromatic heterocycles. The van der Waals surface area contributed by atoms with Gasteiger partial charge in [-0.1, -0.05) is 332 Å². The fraction of sp³-hybridized carbons (Fsp3) is 0.714. The van der Waals surface area contributed by atoms with E-state index in [1.54, 1.807) is 0 Å². The van der Waals surface area contributed by atoms with Crippen molar-refractivity contribution in [1.82, 2.24) is 39.9 Å². The van der Waals surface area contributed by atoms with Crippen molar-refractivity contribution in [1.29, 1.82) is 0 Å². The van der Waals surface area contributed by atoms with Crippen LogP contribution in [0.5, 0.6) is 92.0 Å². The molecule has 0 atom stereocenters. The number of hydrogen-bond donors (Lipinski definition) is 2. The van der Waals surface area contributed by atoms with Gasteiger partial charge in [-0.25, -0.2) is 29.9 Å². The molecule has 0 radical (unpaired) electrons. The minimum absolute atomic E-state index is 0.111. The summed E-state index contributed by atoms with van der Waals surface area (Å²) >= 11 is 0. The standard InChI is InChI=1S/C112H178N8O16/c1-97(2,3)49-121-73-65-66(74(122-50-98(4,5)6)82(130-58-106(28,29)30)81(73)129-57-105(25,26)27)90-113-89(65)117-91-67-68(76(124-52-100(10,11)12)84(132-60-108(34,35)36)83(131-59-107(31,32)33)75(67)123-51-99(7,8)9)93(114-91)119-95-71-72(80(128-56-104(22,23)24)88(136-64-112(46,47)48)87(135-63-111(43,44)45)79(71)127-55-103(19,20)21)96(116-95)120-94-70-69(92(115-94)118-90)77(125-53-101(13,14)15)85(133-61-109(37,38)39)86(134-62-110(40,41)42)78(70)126-54-102(16,17)18/h49-64H2,1-48H3,(H2,113,114,115,116,117,118,119,120). The Hall–Kier alpha value is -8.96. The molecule has 0 saturated heterocycles. The molecule has 0 unspecified atom stereocenters. The topological polar surface area (TPSA) is 257 Å². The fourth-order valence-corrected chi connectivity index (χ4v) is 13.1. The molecule has 0 fully saturated rings. The monoisotopic (exact) mass is 1890 g/mol. The molecule has 8 bridgehead atoms. The van der Waals surface area contributed by atoms with Crippen LogP contribution in [0.25, 0.3) is 89.7 Å². The molecule has 762 valence electrons. The summed E-state index contributed by atoms with van der Waals surface area (Å²) in [6.45, 7) is 106. The predicted octanol–water partition coefficient (Wildman–Crippen LogP) is 29.7. The minimum Gasteiger partial charge on any atom is -0.488 e. The van der Waals surface area contributed by atoms with E-state index in [-0.39, 0.29) is 244 Å². The molecule has 4 aromatic carbocycles. The zero-order valence-electron chi connectivity index (χ0n) is 93.5. The summed E-state index contributed by atoms with van der Waals surface area (Å²) in [4.78, 5) is 44.3. The SMILES string of the molecule is CC(C)(C)COc1c(OCC(C)(C)C)c(OCC(C)(C)C)c2c(c1OCC(C)(C)C)-c1nc-2nc2[nH]c(nc3nc(nc4[nH]c(n1)c1c(OCC(C)(C)C)c(OCC(C)(C)C)c(OCC(C)(C)C)c(OCC(C)(C)C)c41)-c1c(OCC(C)(C)C)c(OCC(C)(C)C)c(OCC(C)(C)C)c(OCC(C)(C)C)c1-3)c1c(OCC(C)(C)C)c(OCC(C)(C)C)c(OCC(C)(C)C)c(OCC(C)(C)C)c21. The third kappa shape index (κ3) is 31.5. The second kappa shape index (κ2) is 39.6. The van der Waals surface area contributed by atoms with Gasteiger partial charge in [0.1, 0.15) is 22.6 Å². The smallest absolute Gasteiger partial charge is 0.208 e. The van der Waals surface area contributed by atoms with Crippen LogP contribution in [0.1, 0.15) is 332 Å². The molecule has 9 rings (SSSR count). The summed E-state index contributed by atoms with van der Waals surface area (Å²) in [6, 6.07) is 0. The highest BCUT2D eigenvalue weighted by Gasteiger charge is 2.45. The highest BCUT2D eigenvalue weighted by atomic mass is 16.6. The summed E-state index contributed by atoms with van der Waals surface area (Å²) in [6.07, 6.45) is 0. The highest BCUT2D eigenvalue weighted by molar-refractivity contribution is 6.16. The van der Waals surface area contributed by atoms with Gasteiger partial charge in [-0.15, -0.1) is 0 Å². The molecule has 136 heavy (non-hydrogen) atoms. The Morgan fingerprint density at radius 2 is 0.228 bits per heavy atom. The first-order valence-corrected chi connectivity index (χ1v) is 49.2. The number of rotatable bonds is 32. The molecule has 2 N–H and O–H groups in total. The van der Waals surface area contributed by atoms with Gasteiger partial charge in [0.25, 0.3) is 0 Å². The number of benzene rings is 4. The van der Waals surface area contributed by atoms with E-state index >= 15 is 0 Å². The first-order valence-electron chi connectivity index (χ1n) is 49.2. The van der Waals surface area contributed by atoms with Gasteiger partial charge in [-0.2, -0.15) is 0 Å². The summed E-state index contributed by atoms with van der Waals surface area (Å²) in [7, 11) is 0. The lowest BCUT2D eigenvalue weighted by Crippen LogP contribution is -2.23. The van der Waals surface area contributed by atoms with Crippen LogP contribution < -0.4 is 75.8 Å². The van der Waals surface area contributed by atoms with Crippen molar-refractivity contribution in [2.24, 2.45) is 86.6 Å². The molecule has 0 amide bonds. The van der Waals surface area contributed by atoms with Crippen molar-refractivity contribution in [2.45, 2.75) is 332 Å². The lowest BCUT2D eigenvalue weighted by molar-refractivity contribution is 0.140. The van der Waals surface area contributed by atoms with Gasteiger partial charge >= 0.3 is 0 Å². The van der Waals surface area contributed by atoms with Crippen molar-refractivity contribution in [3.63, 3.8) is 0 Å². The van der Waals surface area contributed by atoms with E-state index in [0.717, 1.165) is 0 Å². The zero-order chi connectivity index (χ0) is 103. The Morgan fingerprint density at radius 1 is 0.132 bits per heavy atom. The lowest BCUT2D eigenvalue weighted by Gasteiger charge is -2.29. The molecule has 2 aliphatic heterocycles. The van der Waals surface area contributed by atoms with Gasteiger partial charge in [0.2, 0.25) is 46.0 Å². The van der Waals surface area contributed by atoms with E-state index in [1.807, 2.05) is 0 Å². The van der Waals surface area contributed by atoms with Crippen LogP contribution in [0.4, 0.5) is 0 Å². The van der Waals surface area contributed by atoms with Gasteiger partial charge in [0, 0.05) is 0 Å². The molecule has 7 aromatic rings. The van der Waals surface area contributed by atoms with Crippen LogP contribution in [-0.2, 0) is 0 Å². The number of ether oxygens (including phenoxy) is 16. The second-order valence-electron chi connectivity index (χ2n) is 57.5. The third-order valence-electron chi connectivity index (χ3n) is 19.3. The molecular formula is C112H178N8O16. The first-order chi connectivity index (χ1) is 61.4. The summed E-state index contributed by atoms with van der Waals surface area (Å²) in [5.74, 6) is 4.98. The number of fused-ring (bicyclic) bond motifs is 20. The molecule has 0 spiro atoms. The van der Waals surface area contributed by atoms with Crippen molar-refractivity contribution < 1.29 is 75.8 Å². The van der Waals surface area contributed by atoms with Crippen LogP contribution in [0.15, 0.2) is 0 Å². The Labute approximate surface area is 817 Å². The van der Waals surface area contributed by atoms with Crippen LogP contribution in [0.3, 0.4) is 0 Å². The fourth-order valence-electron chi connectivity index (χ4n) is 13.1. The normalized spacial score (nSPS) is 13.8. The Morgan fingerprint density at radius 3 is 0.338 bits per heavy atom. The second-order valence-corrected chi connectivity index (χ2v) is 57.5. The van der Waals surface area contributed by atoms with Crippen molar-refractivity contribution >= 4 is 44.1 Å². The van der Waals surface area contributed by atoms with Gasteiger partial charge < -0.3 is 85.8 Å². The number of aromatic nitrogens is 8. The molecular weight excluding hydrogens is 1710 g/mol. The van der Waals surface area contributed by atoms with Crippen LogP contribution in [0, 0.1) is 86.6 Å². The first kappa shape index (κ1) is 111. The minimum atomic E-state index is -0.471. The summed E-state index contributed by atoms with van der Waals surface area (Å²) in [5.41, 5.74) is -4.88. The Kier molecular flexibility index (Phi) is 32.2. The number of hydrogen-bond acceptors (Lipinski definition) is 22. The lowest BCUT2D eigenvalue weighted by atomic mass is 9.96. The molecule has 0 aliphatic carbocycles. The van der Waals surface area contributed by atoms with E-state index in [9.17, 15) is 0 Å². The number of nitrogens with zero attached hydrogens (tertiary/aromatic N) is 6. The van der Waals surface area contributed by atoms with Gasteiger partial charge in [-0.3, -0.25) is 0 Å². The van der Waals surface area contributed by atoms with Crippen molar-refractivity contribution in [3.8, 4) is 138 Å². The number of nitrogens with one attached hydrogen (secondary N) is 2. The average molecular weight is 1890 g/mol. The maximum atomic E-state index is 7.64. The van der Waals surface area contributed by atoms with Crippen molar-refractivity contribution in [2.75, 3.05) is 106 Å². The zero-order valence-corrected chi connectivity index (χ0v) is 93.5. The predicted molar refractivity (Wildman–Crippen MR) is 555 cm³/mol. The Bertz CT molecular complexity index is 4890. The van der Waals surface area contributed by atoms with Crippen LogP contribution in [-0.4, -0.2) is 146 Å². The van der Waals surface area contributed by atoms with E-state index in [2.05, 4.69) is 342 Å². The highest BCUT2D eigenvalue weighted by Crippen LogP contribution is 2.64. The number of H-pyrrole nitrogens is 2. The van der Waals surface area contributed by atoms with Gasteiger partial charge in [-0.05, 0) is 86.6 Å². The maximum Gasteiger partial charge on any atom is 0.208 e. The van der Waals surface area contributed by atoms with Crippen LogP contribution in [0.2, 0.25) is 0 Å². The van der Waals surface area contributed by atoms with Gasteiger partial charge in [0.05, 0.1) is 150 Å². The van der Waals surface area contributed by atoms with E-state index < -0.39 is 86.6 Å². The van der Waals surface area contributed by atoms with Gasteiger partial charge in [0.15, 0.2) is 69.3 Å². The molecule has 24 heteroatoms. The third-order valence-corrected chi connectivity index (χ3v) is 19.3.